The molecule has 0 aromatic carbocycles. The van der Waals surface area contributed by atoms with Crippen molar-refractivity contribution < 1.29 is 23.2 Å². The molecule has 0 amide bonds. The van der Waals surface area contributed by atoms with E-state index in [-0.39, 0.29) is 6.10 Å². The second-order valence-corrected chi connectivity index (χ2v) is 4.02. The van der Waals surface area contributed by atoms with E-state index in [0.717, 1.165) is 0 Å². The summed E-state index contributed by atoms with van der Waals surface area (Å²) in [6.45, 7) is 1.69. The fraction of sp³-hybridized carbons (Fsp3) is 1.00. The van der Waals surface area contributed by atoms with Gasteiger partial charge in [0.1, 0.15) is 0 Å². The lowest BCUT2D eigenvalue weighted by molar-refractivity contribution is -0.102. The highest BCUT2D eigenvalue weighted by atomic mass is 31.2. The van der Waals surface area contributed by atoms with Gasteiger partial charge in [0, 0.05) is 13.5 Å². The second kappa shape index (κ2) is 3.21. The van der Waals surface area contributed by atoms with Crippen molar-refractivity contribution in [1.82, 2.24) is 0 Å². The van der Waals surface area contributed by atoms with E-state index >= 15 is 0 Å². The molecule has 0 aliphatic carbocycles. The molecule has 5 nitrogen and oxygen atoms in total. The van der Waals surface area contributed by atoms with Crippen molar-refractivity contribution >= 4 is 7.82 Å². The molecule has 1 rings (SSSR count). The highest BCUT2D eigenvalue weighted by Gasteiger charge is 2.36. The molecule has 0 saturated carbocycles. The molecule has 11 heavy (non-hydrogen) atoms. The van der Waals surface area contributed by atoms with Gasteiger partial charge < -0.3 is 5.11 Å². The monoisotopic (exact) mass is 182 g/mol. The van der Waals surface area contributed by atoms with E-state index in [1.54, 1.807) is 6.92 Å². The molecule has 6 heteroatoms. The van der Waals surface area contributed by atoms with E-state index < -0.39 is 14.1 Å². The minimum Gasteiger partial charge on any atom is -0.367 e. The Balaban J connectivity index is 2.63. The summed E-state index contributed by atoms with van der Waals surface area (Å²) < 4.78 is 25.1. The molecule has 66 valence electrons. The summed E-state index contributed by atoms with van der Waals surface area (Å²) in [7, 11) is -2.24. The third-order valence-corrected chi connectivity index (χ3v) is 2.88. The Morgan fingerprint density at radius 3 is 2.73 bits per heavy atom. The number of phosphoric ester groups is 1. The van der Waals surface area contributed by atoms with Crippen LogP contribution in [0.5, 0.6) is 0 Å². The van der Waals surface area contributed by atoms with Gasteiger partial charge in [-0.25, -0.2) is 4.57 Å². The zero-order valence-electron chi connectivity index (χ0n) is 6.39. The number of aliphatic hydroxyl groups is 1. The van der Waals surface area contributed by atoms with Gasteiger partial charge in [0.05, 0.1) is 6.10 Å². The second-order valence-electron chi connectivity index (χ2n) is 2.34. The van der Waals surface area contributed by atoms with Gasteiger partial charge in [-0.15, -0.1) is 0 Å². The molecule has 1 fully saturated rings. The van der Waals surface area contributed by atoms with E-state index in [1.165, 1.54) is 7.11 Å². The molecule has 0 bridgehead atoms. The summed E-state index contributed by atoms with van der Waals surface area (Å²) in [5, 5.41) is 8.99. The van der Waals surface area contributed by atoms with E-state index in [1.807, 2.05) is 0 Å². The summed E-state index contributed by atoms with van der Waals surface area (Å²) in [5.74, 6) is 0. The molecule has 1 saturated heterocycles. The average molecular weight is 182 g/mol. The van der Waals surface area contributed by atoms with Crippen molar-refractivity contribution in [3.8, 4) is 0 Å². The Hall–Kier alpha value is 0.0700. The van der Waals surface area contributed by atoms with Crippen LogP contribution in [0.1, 0.15) is 13.3 Å². The van der Waals surface area contributed by atoms with Crippen molar-refractivity contribution in [2.24, 2.45) is 0 Å². The normalized spacial score (nSPS) is 45.7. The van der Waals surface area contributed by atoms with Gasteiger partial charge >= 0.3 is 7.82 Å². The topological polar surface area (TPSA) is 65.0 Å². The number of hydrogen-bond acceptors (Lipinski definition) is 5. The maximum Gasteiger partial charge on any atom is 0.477 e. The van der Waals surface area contributed by atoms with Gasteiger partial charge in [-0.1, -0.05) is 0 Å². The Bertz CT molecular complexity index is 168. The molecule has 0 aromatic rings. The molecule has 1 aliphatic heterocycles. The maximum atomic E-state index is 11.2. The van der Waals surface area contributed by atoms with Crippen LogP contribution in [-0.4, -0.2) is 24.6 Å². The van der Waals surface area contributed by atoms with Crippen LogP contribution in [0.3, 0.4) is 0 Å². The zero-order chi connectivity index (χ0) is 8.48. The van der Waals surface area contributed by atoms with Crippen LogP contribution in [0, 0.1) is 0 Å². The van der Waals surface area contributed by atoms with Crippen LogP contribution in [-0.2, 0) is 18.1 Å². The zero-order valence-corrected chi connectivity index (χ0v) is 7.28. The fourth-order valence-corrected chi connectivity index (χ4v) is 1.98. The van der Waals surface area contributed by atoms with E-state index in [9.17, 15) is 4.57 Å². The minimum absolute atomic E-state index is 0.301. The molecule has 3 atom stereocenters. The smallest absolute Gasteiger partial charge is 0.367 e. The van der Waals surface area contributed by atoms with Gasteiger partial charge in [-0.2, -0.15) is 0 Å². The van der Waals surface area contributed by atoms with Gasteiger partial charge in [0.25, 0.3) is 0 Å². The highest BCUT2D eigenvalue weighted by molar-refractivity contribution is 7.48. The molecule has 3 unspecified atom stereocenters. The third-order valence-electron chi connectivity index (χ3n) is 1.32. The molecule has 1 heterocycles. The van der Waals surface area contributed by atoms with Crippen LogP contribution in [0.25, 0.3) is 0 Å². The van der Waals surface area contributed by atoms with Gasteiger partial charge in [-0.3, -0.25) is 13.6 Å². The minimum atomic E-state index is -3.46. The van der Waals surface area contributed by atoms with Crippen LogP contribution < -0.4 is 0 Å². The van der Waals surface area contributed by atoms with Gasteiger partial charge in [0.15, 0.2) is 6.29 Å². The lowest BCUT2D eigenvalue weighted by atomic mass is 10.3. The fourth-order valence-electron chi connectivity index (χ4n) is 0.850. The first-order valence-electron chi connectivity index (χ1n) is 3.26. The van der Waals surface area contributed by atoms with Crippen LogP contribution in [0.2, 0.25) is 0 Å². The molecular formula is C5H11O5P. The molecule has 0 radical (unpaired) electrons. The number of phosphoric acid groups is 1. The summed E-state index contributed by atoms with van der Waals surface area (Å²) in [6, 6.07) is 0. The molecule has 0 aromatic heterocycles. The average Bonchev–Trinajstić information content (AvgIpc) is 1.84. The Morgan fingerprint density at radius 2 is 2.27 bits per heavy atom. The summed E-state index contributed by atoms with van der Waals surface area (Å²) >= 11 is 0. The third kappa shape index (κ3) is 2.25. The van der Waals surface area contributed by atoms with E-state index in [2.05, 4.69) is 9.05 Å². The highest BCUT2D eigenvalue weighted by Crippen LogP contribution is 2.54. The van der Waals surface area contributed by atoms with Crippen molar-refractivity contribution in [2.75, 3.05) is 7.11 Å². The maximum absolute atomic E-state index is 11.2. The van der Waals surface area contributed by atoms with Crippen molar-refractivity contribution in [3.63, 3.8) is 0 Å². The lowest BCUT2D eigenvalue weighted by Gasteiger charge is -2.28. The Morgan fingerprint density at radius 1 is 1.64 bits per heavy atom. The van der Waals surface area contributed by atoms with Crippen LogP contribution >= 0.6 is 7.82 Å². The number of hydrogen-bond donors (Lipinski definition) is 1. The predicted octanol–water partition coefficient (Wildman–Crippen LogP) is 0.885. The molecule has 0 spiro atoms. The van der Waals surface area contributed by atoms with Crippen molar-refractivity contribution in [2.45, 2.75) is 25.7 Å². The molecule has 1 aliphatic rings. The van der Waals surface area contributed by atoms with Crippen LogP contribution in [0.4, 0.5) is 0 Å². The standard InChI is InChI=1S/C5H11O5P/c1-4-3-5(6)10-11(7,8-2)9-4/h4-6H,3H2,1-2H3. The number of rotatable bonds is 1. The Labute approximate surface area is 64.9 Å². The van der Waals surface area contributed by atoms with E-state index in [0.29, 0.717) is 6.42 Å². The predicted molar refractivity (Wildman–Crippen MR) is 36.9 cm³/mol. The summed E-state index contributed by atoms with van der Waals surface area (Å²) in [4.78, 5) is 0. The molecular weight excluding hydrogens is 171 g/mol. The lowest BCUT2D eigenvalue weighted by Crippen LogP contribution is -2.26. The van der Waals surface area contributed by atoms with Crippen LogP contribution in [0.15, 0.2) is 0 Å². The first-order chi connectivity index (χ1) is 5.06. The van der Waals surface area contributed by atoms with Crippen molar-refractivity contribution in [3.05, 3.63) is 0 Å². The van der Waals surface area contributed by atoms with Gasteiger partial charge in [0.2, 0.25) is 0 Å². The summed E-state index contributed by atoms with van der Waals surface area (Å²) in [6.07, 6.45) is -1.04. The quantitative estimate of drug-likeness (QED) is 0.610. The first-order valence-corrected chi connectivity index (χ1v) is 4.72. The first kappa shape index (κ1) is 9.16. The Kier molecular flexibility index (Phi) is 2.67. The molecule has 1 N–H and O–H groups in total. The van der Waals surface area contributed by atoms with Gasteiger partial charge in [-0.05, 0) is 6.92 Å². The SMILES string of the molecule is COP1(=O)OC(C)CC(O)O1. The largest absolute Gasteiger partial charge is 0.477 e. The summed E-state index contributed by atoms with van der Waals surface area (Å²) in [5.41, 5.74) is 0. The number of aliphatic hydroxyl groups excluding tert-OH is 1. The van der Waals surface area contributed by atoms with Crippen molar-refractivity contribution in [1.29, 1.82) is 0 Å². The van der Waals surface area contributed by atoms with E-state index in [4.69, 9.17) is 9.63 Å².